The van der Waals surface area contributed by atoms with Crippen LogP contribution in [0.25, 0.3) is 21.1 Å². The molecule has 2 aromatic heterocycles. The Kier molecular flexibility index (Phi) is 8.71. The van der Waals surface area contributed by atoms with E-state index in [0.29, 0.717) is 30.2 Å². The molecule has 2 fully saturated rings. The molecule has 2 unspecified atom stereocenters. The molecule has 1 saturated carbocycles. The highest BCUT2D eigenvalue weighted by Gasteiger charge is 2.37. The van der Waals surface area contributed by atoms with Crippen LogP contribution in [0.2, 0.25) is 0 Å². The highest BCUT2D eigenvalue weighted by atomic mass is 32.2. The number of benzene rings is 1. The number of thiazole rings is 1. The van der Waals surface area contributed by atoms with Crippen molar-refractivity contribution >= 4 is 32.8 Å². The summed E-state index contributed by atoms with van der Waals surface area (Å²) in [6.07, 6.45) is 4.58. The predicted octanol–water partition coefficient (Wildman–Crippen LogP) is 5.18. The van der Waals surface area contributed by atoms with E-state index in [2.05, 4.69) is 21.3 Å². The van der Waals surface area contributed by atoms with E-state index in [1.807, 2.05) is 38.1 Å². The van der Waals surface area contributed by atoms with Crippen LogP contribution in [0.15, 0.2) is 42.6 Å². The number of anilines is 1. The number of sulfone groups is 1. The lowest BCUT2D eigenvalue weighted by Gasteiger charge is -2.31. The number of nitrogens with zero attached hydrogens (tertiary/aromatic N) is 4. The second-order valence-corrected chi connectivity index (χ2v) is 14.4. The van der Waals surface area contributed by atoms with Crippen molar-refractivity contribution in [3.8, 4) is 27.2 Å². The van der Waals surface area contributed by atoms with Crippen LogP contribution in [0.1, 0.15) is 51.1 Å². The van der Waals surface area contributed by atoms with Gasteiger partial charge in [-0.2, -0.15) is 5.26 Å². The fourth-order valence-electron chi connectivity index (χ4n) is 5.58. The number of aromatic nitrogens is 2. The fourth-order valence-corrected chi connectivity index (χ4v) is 7.90. The van der Waals surface area contributed by atoms with Gasteiger partial charge in [-0.15, -0.1) is 11.3 Å². The quantitative estimate of drug-likeness (QED) is 0.400. The number of pyridine rings is 1. The maximum atomic E-state index is 13.6. The third-order valence-electron chi connectivity index (χ3n) is 8.00. The first-order valence-electron chi connectivity index (χ1n) is 14.0. The normalized spacial score (nSPS) is 21.3. The number of hydrogen-bond acceptors (Lipinski definition) is 8. The first-order chi connectivity index (χ1) is 19.6. The molecule has 3 heterocycles. The number of hydrogen-bond donors (Lipinski definition) is 1. The fraction of sp³-hybridized carbons (Fsp3) is 0.467. The highest BCUT2D eigenvalue weighted by Crippen LogP contribution is 2.45. The molecule has 1 saturated heterocycles. The molecule has 1 aromatic carbocycles. The summed E-state index contributed by atoms with van der Waals surface area (Å²) in [5, 5.41) is 13.2. The molecule has 3 atom stereocenters. The van der Waals surface area contributed by atoms with E-state index < -0.39 is 21.7 Å². The van der Waals surface area contributed by atoms with Crippen LogP contribution < -0.4 is 10.2 Å². The minimum Gasteiger partial charge on any atom is -0.369 e. The van der Waals surface area contributed by atoms with Gasteiger partial charge in [0, 0.05) is 30.6 Å². The lowest BCUT2D eigenvalue weighted by atomic mass is 9.76. The van der Waals surface area contributed by atoms with E-state index in [9.17, 15) is 22.9 Å². The van der Waals surface area contributed by atoms with E-state index in [0.717, 1.165) is 41.1 Å². The minimum atomic E-state index is -2.97. The zero-order valence-electron chi connectivity index (χ0n) is 23.2. The van der Waals surface area contributed by atoms with Gasteiger partial charge in [-0.25, -0.2) is 17.8 Å². The van der Waals surface area contributed by atoms with Crippen molar-refractivity contribution in [1.29, 1.82) is 5.26 Å². The van der Waals surface area contributed by atoms with Crippen LogP contribution in [0.3, 0.4) is 0 Å². The first-order valence-corrected chi connectivity index (χ1v) is 16.7. The number of nitriles is 1. The molecule has 216 valence electrons. The molecular formula is C30H34FN5O3S2. The summed E-state index contributed by atoms with van der Waals surface area (Å²) in [6.45, 7) is 4.76. The molecule has 0 radical (unpaired) electrons. The van der Waals surface area contributed by atoms with Gasteiger partial charge in [-0.1, -0.05) is 38.8 Å². The van der Waals surface area contributed by atoms with Crippen molar-refractivity contribution in [3.05, 3.63) is 54.1 Å². The Labute approximate surface area is 244 Å². The van der Waals surface area contributed by atoms with Gasteiger partial charge >= 0.3 is 0 Å². The third kappa shape index (κ3) is 6.60. The summed E-state index contributed by atoms with van der Waals surface area (Å²) < 4.78 is 37.4. The van der Waals surface area contributed by atoms with Crippen molar-refractivity contribution in [2.45, 2.75) is 51.5 Å². The molecule has 1 amide bonds. The molecule has 1 aliphatic carbocycles. The molecule has 0 spiro atoms. The second kappa shape index (κ2) is 12.2. The number of carbonyl (C=O) groups is 1. The van der Waals surface area contributed by atoms with E-state index >= 15 is 0 Å². The third-order valence-corrected chi connectivity index (χ3v) is 10.7. The summed E-state index contributed by atoms with van der Waals surface area (Å²) >= 11 is 1.47. The van der Waals surface area contributed by atoms with Crippen molar-refractivity contribution in [3.63, 3.8) is 0 Å². The molecule has 0 bridgehead atoms. The average molecular weight is 596 g/mol. The first kappa shape index (κ1) is 29.1. The Morgan fingerprint density at radius 1 is 1.12 bits per heavy atom. The number of rotatable bonds is 7. The topological polar surface area (TPSA) is 116 Å². The van der Waals surface area contributed by atoms with Crippen LogP contribution in [0.5, 0.6) is 0 Å². The number of amides is 1. The largest absolute Gasteiger partial charge is 0.369 e. The van der Waals surface area contributed by atoms with Gasteiger partial charge in [-0.3, -0.25) is 9.78 Å². The average Bonchev–Trinajstić information content (AvgIpc) is 3.41. The predicted molar refractivity (Wildman–Crippen MR) is 159 cm³/mol. The molecule has 11 heteroatoms. The maximum Gasteiger partial charge on any atom is 0.224 e. The summed E-state index contributed by atoms with van der Waals surface area (Å²) in [5.74, 6) is -0.702. The molecule has 41 heavy (non-hydrogen) atoms. The van der Waals surface area contributed by atoms with Crippen LogP contribution in [0.4, 0.5) is 10.1 Å². The lowest BCUT2D eigenvalue weighted by molar-refractivity contribution is -0.127. The van der Waals surface area contributed by atoms with E-state index in [1.165, 1.54) is 23.6 Å². The zero-order chi connectivity index (χ0) is 29.1. The van der Waals surface area contributed by atoms with E-state index in [4.69, 9.17) is 4.98 Å². The molecule has 2 aliphatic rings. The Bertz CT molecular complexity index is 1520. The minimum absolute atomic E-state index is 0.00416. The smallest absolute Gasteiger partial charge is 0.224 e. The van der Waals surface area contributed by atoms with Crippen LogP contribution in [0, 0.1) is 29.0 Å². The number of halogens is 1. The Hall–Kier alpha value is -3.36. The maximum absolute atomic E-state index is 13.6. The lowest BCUT2D eigenvalue weighted by Crippen LogP contribution is -2.43. The van der Waals surface area contributed by atoms with Gasteiger partial charge in [0.05, 0.1) is 40.0 Å². The van der Waals surface area contributed by atoms with Crippen LogP contribution in [-0.4, -0.2) is 54.9 Å². The van der Waals surface area contributed by atoms with Crippen molar-refractivity contribution in [1.82, 2.24) is 15.3 Å². The Morgan fingerprint density at radius 3 is 2.46 bits per heavy atom. The van der Waals surface area contributed by atoms with Crippen molar-refractivity contribution in [2.24, 2.45) is 11.8 Å². The standard InChI is InChI=1S/C30H34FN5O3S2/c1-19(2)26(17-32)34-29(37)24-6-4-3-5-23(24)27-28(40-30(35-27)25-12-9-21(31)18-33-25)20-7-10-22(11-8-20)36-13-15-41(38,39)16-14-36/h7-12,18-19,23-24,26H,3-6,13-16H2,1-2H3,(H,34,37)/t23-,24?,26?/m1/s1. The van der Waals surface area contributed by atoms with Crippen molar-refractivity contribution in [2.75, 3.05) is 29.5 Å². The van der Waals surface area contributed by atoms with Gasteiger partial charge in [0.25, 0.3) is 0 Å². The molecule has 5 rings (SSSR count). The highest BCUT2D eigenvalue weighted by molar-refractivity contribution is 7.91. The summed E-state index contributed by atoms with van der Waals surface area (Å²) in [5.41, 5.74) is 3.30. The van der Waals surface area contributed by atoms with E-state index in [-0.39, 0.29) is 35.2 Å². The second-order valence-electron chi connectivity index (χ2n) is 11.1. The van der Waals surface area contributed by atoms with E-state index in [1.54, 1.807) is 6.07 Å². The zero-order valence-corrected chi connectivity index (χ0v) is 24.8. The van der Waals surface area contributed by atoms with Gasteiger partial charge in [0.15, 0.2) is 9.84 Å². The summed E-state index contributed by atoms with van der Waals surface area (Å²) in [7, 11) is -2.97. The molecular weight excluding hydrogens is 561 g/mol. The van der Waals surface area contributed by atoms with Crippen molar-refractivity contribution < 1.29 is 17.6 Å². The molecule has 8 nitrogen and oxygen atoms in total. The Morgan fingerprint density at radius 2 is 1.83 bits per heavy atom. The van der Waals surface area contributed by atoms with Gasteiger partial charge in [-0.05, 0) is 48.6 Å². The monoisotopic (exact) mass is 595 g/mol. The summed E-state index contributed by atoms with van der Waals surface area (Å²) in [4.78, 5) is 25.8. The Balaban J connectivity index is 1.50. The number of carbonyl (C=O) groups excluding carboxylic acids is 1. The van der Waals surface area contributed by atoms with Gasteiger partial charge in [0.1, 0.15) is 16.9 Å². The number of nitrogens with one attached hydrogen (secondary N) is 1. The SMILES string of the molecule is CC(C)C(C#N)NC(=O)C1CCCC[C@H]1c1nc(-c2ccc(F)cn2)sc1-c1ccc(N2CCS(=O)(=O)CC2)cc1. The molecule has 1 aliphatic heterocycles. The summed E-state index contributed by atoms with van der Waals surface area (Å²) in [6, 6.07) is 12.6. The molecule has 1 N–H and O–H groups in total. The van der Waals surface area contributed by atoms with Gasteiger partial charge in [0.2, 0.25) is 5.91 Å². The van der Waals surface area contributed by atoms with Crippen LogP contribution in [-0.2, 0) is 14.6 Å². The van der Waals surface area contributed by atoms with Crippen LogP contribution >= 0.6 is 11.3 Å². The van der Waals surface area contributed by atoms with Gasteiger partial charge < -0.3 is 10.2 Å². The molecule has 3 aromatic rings.